The Hall–Kier alpha value is -1.92. The Bertz CT molecular complexity index is 767. The summed E-state index contributed by atoms with van der Waals surface area (Å²) in [4.78, 5) is 24.7. The summed E-state index contributed by atoms with van der Waals surface area (Å²) in [5.74, 6) is 0.376. The molecular weight excluding hydrogens is 403 g/mol. The van der Waals surface area contributed by atoms with E-state index < -0.39 is 18.0 Å². The number of urea groups is 1. The van der Waals surface area contributed by atoms with Gasteiger partial charge in [0.05, 0.1) is 34.9 Å². The van der Waals surface area contributed by atoms with Gasteiger partial charge in [-0.1, -0.05) is 50.9 Å². The van der Waals surface area contributed by atoms with Gasteiger partial charge >= 0.3 is 12.0 Å². The zero-order valence-corrected chi connectivity index (χ0v) is 18.2. The van der Waals surface area contributed by atoms with Crippen LogP contribution in [-0.2, 0) is 9.53 Å². The number of hydrogen-bond donors (Lipinski definition) is 2. The third-order valence-corrected chi connectivity index (χ3v) is 4.51. The number of carbonyl (C=O) groups is 2. The molecule has 2 amide bonds. The van der Waals surface area contributed by atoms with Crippen molar-refractivity contribution in [3.63, 3.8) is 0 Å². The molecule has 1 heterocycles. The molecule has 1 atom stereocenters. The molecule has 0 fully saturated rings. The SMILES string of the molecule is CC1=C(C(=O)OCC(C)C)C(c2cc(Cl)c(OCC(C)C)c(Cl)c2)NC(=O)N1. The monoisotopic (exact) mass is 428 g/mol. The van der Waals surface area contributed by atoms with Gasteiger partial charge in [0.25, 0.3) is 0 Å². The molecule has 2 rings (SSSR count). The van der Waals surface area contributed by atoms with Crippen LogP contribution >= 0.6 is 23.2 Å². The number of esters is 1. The fraction of sp³-hybridized carbons (Fsp3) is 0.500. The number of ether oxygens (including phenoxy) is 2. The zero-order chi connectivity index (χ0) is 21.0. The predicted octanol–water partition coefficient (Wildman–Crippen LogP) is 4.86. The molecule has 1 aliphatic rings. The Morgan fingerprint density at radius 2 is 1.68 bits per heavy atom. The first-order chi connectivity index (χ1) is 13.1. The lowest BCUT2D eigenvalue weighted by atomic mass is 9.95. The number of nitrogens with one attached hydrogen (secondary N) is 2. The van der Waals surface area contributed by atoms with Crippen molar-refractivity contribution in [3.8, 4) is 5.75 Å². The van der Waals surface area contributed by atoms with Gasteiger partial charge in [-0.05, 0) is 36.5 Å². The van der Waals surface area contributed by atoms with Gasteiger partial charge in [-0.25, -0.2) is 9.59 Å². The standard InChI is InChI=1S/C20H26Cl2N2O4/c1-10(2)8-27-18-14(21)6-13(7-15(18)22)17-16(12(5)23-20(26)24-17)19(25)28-9-11(3)4/h6-7,10-11,17H,8-9H2,1-5H3,(H2,23,24,26). The van der Waals surface area contributed by atoms with Crippen molar-refractivity contribution >= 4 is 35.2 Å². The summed E-state index contributed by atoms with van der Waals surface area (Å²) in [6.45, 7) is 10.3. The lowest BCUT2D eigenvalue weighted by Crippen LogP contribution is -2.45. The molecule has 6 nitrogen and oxygen atoms in total. The summed E-state index contributed by atoms with van der Waals surface area (Å²) in [6.07, 6.45) is 0. The average molecular weight is 429 g/mol. The molecule has 0 aliphatic carbocycles. The second-order valence-corrected chi connectivity index (χ2v) is 8.40. The number of halogens is 2. The van der Waals surface area contributed by atoms with E-state index in [1.165, 1.54) is 0 Å². The Morgan fingerprint density at radius 3 is 2.21 bits per heavy atom. The minimum atomic E-state index is -0.734. The quantitative estimate of drug-likeness (QED) is 0.608. The summed E-state index contributed by atoms with van der Waals surface area (Å²) in [6, 6.07) is 2.13. The van der Waals surface area contributed by atoms with E-state index in [4.69, 9.17) is 32.7 Å². The summed E-state index contributed by atoms with van der Waals surface area (Å²) >= 11 is 12.7. The number of benzene rings is 1. The van der Waals surface area contributed by atoms with Crippen LogP contribution in [0.15, 0.2) is 23.4 Å². The third kappa shape index (κ3) is 5.55. The van der Waals surface area contributed by atoms with E-state index in [-0.39, 0.29) is 12.5 Å². The van der Waals surface area contributed by atoms with Gasteiger partial charge in [0.1, 0.15) is 0 Å². The second kappa shape index (κ2) is 9.52. The summed E-state index contributed by atoms with van der Waals surface area (Å²) < 4.78 is 11.1. The van der Waals surface area contributed by atoms with E-state index in [0.717, 1.165) is 0 Å². The van der Waals surface area contributed by atoms with E-state index in [1.807, 2.05) is 27.7 Å². The molecule has 1 unspecified atom stereocenters. The normalized spacial score (nSPS) is 16.9. The van der Waals surface area contributed by atoms with Crippen LogP contribution in [-0.4, -0.2) is 25.2 Å². The topological polar surface area (TPSA) is 76.7 Å². The van der Waals surface area contributed by atoms with Gasteiger partial charge in [-0.15, -0.1) is 0 Å². The minimum Gasteiger partial charge on any atom is -0.490 e. The van der Waals surface area contributed by atoms with Crippen LogP contribution in [0.3, 0.4) is 0 Å². The highest BCUT2D eigenvalue weighted by molar-refractivity contribution is 6.37. The largest absolute Gasteiger partial charge is 0.490 e. The van der Waals surface area contributed by atoms with Crippen molar-refractivity contribution in [2.24, 2.45) is 11.8 Å². The molecule has 2 N–H and O–H groups in total. The summed E-state index contributed by atoms with van der Waals surface area (Å²) in [7, 11) is 0. The van der Waals surface area contributed by atoms with Gasteiger partial charge in [0, 0.05) is 5.70 Å². The minimum absolute atomic E-state index is 0.190. The van der Waals surface area contributed by atoms with Crippen LogP contribution in [0, 0.1) is 11.8 Å². The van der Waals surface area contributed by atoms with Gasteiger partial charge in [-0.2, -0.15) is 0 Å². The highest BCUT2D eigenvalue weighted by atomic mass is 35.5. The van der Waals surface area contributed by atoms with Crippen molar-refractivity contribution in [2.75, 3.05) is 13.2 Å². The van der Waals surface area contributed by atoms with Crippen LogP contribution in [0.1, 0.15) is 46.2 Å². The van der Waals surface area contributed by atoms with Gasteiger partial charge < -0.3 is 20.1 Å². The number of allylic oxidation sites excluding steroid dienone is 1. The maximum Gasteiger partial charge on any atom is 0.338 e. The maximum atomic E-state index is 12.7. The molecule has 0 aromatic heterocycles. The Balaban J connectivity index is 2.38. The molecular formula is C20H26Cl2N2O4. The molecule has 0 spiro atoms. The highest BCUT2D eigenvalue weighted by Crippen LogP contribution is 2.38. The number of carbonyl (C=O) groups excluding carboxylic acids is 2. The van der Waals surface area contributed by atoms with E-state index in [2.05, 4.69) is 10.6 Å². The lowest BCUT2D eigenvalue weighted by Gasteiger charge is -2.29. The van der Waals surface area contributed by atoms with E-state index in [9.17, 15) is 9.59 Å². The van der Waals surface area contributed by atoms with Crippen molar-refractivity contribution in [1.82, 2.24) is 10.6 Å². The van der Waals surface area contributed by atoms with Gasteiger partial charge in [0.15, 0.2) is 5.75 Å². The lowest BCUT2D eigenvalue weighted by molar-refractivity contribution is -0.140. The van der Waals surface area contributed by atoms with Crippen molar-refractivity contribution in [2.45, 2.75) is 40.7 Å². The Morgan fingerprint density at radius 1 is 1.11 bits per heavy atom. The van der Waals surface area contributed by atoms with Crippen molar-refractivity contribution in [3.05, 3.63) is 39.0 Å². The summed E-state index contributed by atoms with van der Waals surface area (Å²) in [5.41, 5.74) is 1.30. The molecule has 0 saturated heterocycles. The van der Waals surface area contributed by atoms with Crippen LogP contribution in [0.25, 0.3) is 0 Å². The maximum absolute atomic E-state index is 12.7. The smallest absolute Gasteiger partial charge is 0.338 e. The predicted molar refractivity (Wildman–Crippen MR) is 110 cm³/mol. The molecule has 0 bridgehead atoms. The molecule has 0 saturated carbocycles. The van der Waals surface area contributed by atoms with Crippen LogP contribution in [0.5, 0.6) is 5.75 Å². The number of amides is 2. The molecule has 28 heavy (non-hydrogen) atoms. The molecule has 1 aromatic rings. The molecule has 1 aliphatic heterocycles. The van der Waals surface area contributed by atoms with Crippen molar-refractivity contribution < 1.29 is 19.1 Å². The molecule has 0 radical (unpaired) electrons. The van der Waals surface area contributed by atoms with Gasteiger partial charge in [0.2, 0.25) is 0 Å². The molecule has 154 valence electrons. The first-order valence-corrected chi connectivity index (χ1v) is 9.92. The van der Waals surface area contributed by atoms with Crippen LogP contribution < -0.4 is 15.4 Å². The molecule has 1 aromatic carbocycles. The Kier molecular flexibility index (Phi) is 7.61. The van der Waals surface area contributed by atoms with E-state index >= 15 is 0 Å². The fourth-order valence-electron chi connectivity index (χ4n) is 2.67. The zero-order valence-electron chi connectivity index (χ0n) is 16.7. The van der Waals surface area contributed by atoms with E-state index in [0.29, 0.717) is 45.2 Å². The number of rotatable bonds is 7. The van der Waals surface area contributed by atoms with Crippen LogP contribution in [0.4, 0.5) is 4.79 Å². The first kappa shape index (κ1) is 22.4. The highest BCUT2D eigenvalue weighted by Gasteiger charge is 2.33. The third-order valence-electron chi connectivity index (χ3n) is 3.95. The molecule has 8 heteroatoms. The second-order valence-electron chi connectivity index (χ2n) is 7.58. The van der Waals surface area contributed by atoms with Crippen LogP contribution in [0.2, 0.25) is 10.0 Å². The summed E-state index contributed by atoms with van der Waals surface area (Å²) in [5, 5.41) is 5.97. The Labute approximate surface area is 175 Å². The van der Waals surface area contributed by atoms with E-state index in [1.54, 1.807) is 19.1 Å². The fourth-order valence-corrected chi connectivity index (χ4v) is 3.28. The first-order valence-electron chi connectivity index (χ1n) is 9.17. The van der Waals surface area contributed by atoms with Crippen molar-refractivity contribution in [1.29, 1.82) is 0 Å². The van der Waals surface area contributed by atoms with Gasteiger partial charge in [-0.3, -0.25) is 0 Å². The number of hydrogen-bond acceptors (Lipinski definition) is 4. The average Bonchev–Trinajstić information content (AvgIpc) is 2.57.